The standard InChI is InChI=1S/C16H25NO3S/c1-3-9-17-16(15(19)20,12-21-11-13(2)10-18)14-7-5-4-6-8-14/h4-8,13,17-18H,3,9-12H2,1-2H3,(H,19,20). The van der Waals surface area contributed by atoms with Crippen molar-refractivity contribution in [2.45, 2.75) is 25.8 Å². The molecule has 0 aliphatic carbocycles. The highest BCUT2D eigenvalue weighted by Crippen LogP contribution is 2.27. The van der Waals surface area contributed by atoms with Crippen molar-refractivity contribution >= 4 is 17.7 Å². The quantitative estimate of drug-likeness (QED) is 0.619. The molecule has 0 saturated heterocycles. The lowest BCUT2D eigenvalue weighted by atomic mass is 9.91. The Balaban J connectivity index is 2.93. The lowest BCUT2D eigenvalue weighted by molar-refractivity contribution is -0.144. The summed E-state index contributed by atoms with van der Waals surface area (Å²) in [4.78, 5) is 11.9. The number of rotatable bonds is 10. The third-order valence-corrected chi connectivity index (χ3v) is 4.78. The van der Waals surface area contributed by atoms with Gasteiger partial charge in [-0.2, -0.15) is 11.8 Å². The van der Waals surface area contributed by atoms with Crippen molar-refractivity contribution in [3.8, 4) is 0 Å². The van der Waals surface area contributed by atoms with Gasteiger partial charge in [0.1, 0.15) is 0 Å². The summed E-state index contributed by atoms with van der Waals surface area (Å²) in [5, 5.41) is 22.1. The second-order valence-corrected chi connectivity index (χ2v) is 6.34. The second-order valence-electron chi connectivity index (χ2n) is 5.31. The number of aliphatic carboxylic acids is 1. The van der Waals surface area contributed by atoms with Crippen LogP contribution in [0.4, 0.5) is 0 Å². The fourth-order valence-electron chi connectivity index (χ4n) is 2.02. The van der Waals surface area contributed by atoms with Crippen molar-refractivity contribution in [1.29, 1.82) is 0 Å². The van der Waals surface area contributed by atoms with Gasteiger partial charge in [-0.05, 0) is 30.2 Å². The van der Waals surface area contributed by atoms with E-state index >= 15 is 0 Å². The molecule has 1 aromatic rings. The van der Waals surface area contributed by atoms with Crippen LogP contribution in [-0.4, -0.2) is 40.8 Å². The Morgan fingerprint density at radius 2 is 2.05 bits per heavy atom. The molecule has 0 spiro atoms. The van der Waals surface area contributed by atoms with Crippen LogP contribution in [-0.2, 0) is 10.3 Å². The van der Waals surface area contributed by atoms with Crippen molar-refractivity contribution in [1.82, 2.24) is 5.32 Å². The van der Waals surface area contributed by atoms with Crippen LogP contribution in [0.1, 0.15) is 25.8 Å². The zero-order valence-corrected chi connectivity index (χ0v) is 13.5. The van der Waals surface area contributed by atoms with Crippen LogP contribution in [0.5, 0.6) is 0 Å². The van der Waals surface area contributed by atoms with E-state index in [0.717, 1.165) is 17.7 Å². The van der Waals surface area contributed by atoms with E-state index in [9.17, 15) is 9.90 Å². The first-order chi connectivity index (χ1) is 10.1. The Morgan fingerprint density at radius 3 is 2.57 bits per heavy atom. The minimum atomic E-state index is -1.07. The van der Waals surface area contributed by atoms with Gasteiger partial charge in [0, 0.05) is 12.4 Å². The molecular formula is C16H25NO3S. The Kier molecular flexibility index (Phi) is 7.78. The normalized spacial score (nSPS) is 15.4. The SMILES string of the molecule is CCCNC(CSCC(C)CO)(C(=O)O)c1ccccc1. The molecule has 2 atom stereocenters. The average molecular weight is 311 g/mol. The average Bonchev–Trinajstić information content (AvgIpc) is 2.51. The summed E-state index contributed by atoms with van der Waals surface area (Å²) in [5.41, 5.74) is -0.299. The van der Waals surface area contributed by atoms with Crippen LogP contribution in [0.25, 0.3) is 0 Å². The summed E-state index contributed by atoms with van der Waals surface area (Å²) in [6, 6.07) is 9.32. The molecular weight excluding hydrogens is 286 g/mol. The fourth-order valence-corrected chi connectivity index (χ4v) is 3.35. The first-order valence-electron chi connectivity index (χ1n) is 7.29. The van der Waals surface area contributed by atoms with E-state index in [2.05, 4.69) is 5.32 Å². The van der Waals surface area contributed by atoms with Gasteiger partial charge in [0.2, 0.25) is 0 Å². The van der Waals surface area contributed by atoms with Crippen LogP contribution >= 0.6 is 11.8 Å². The molecule has 5 heteroatoms. The zero-order chi connectivity index (χ0) is 15.7. The number of nitrogens with one attached hydrogen (secondary N) is 1. The molecule has 0 amide bonds. The lowest BCUT2D eigenvalue weighted by Gasteiger charge is -2.31. The monoisotopic (exact) mass is 311 g/mol. The zero-order valence-electron chi connectivity index (χ0n) is 12.7. The van der Waals surface area contributed by atoms with Gasteiger partial charge in [-0.15, -0.1) is 0 Å². The third kappa shape index (κ3) is 5.02. The van der Waals surface area contributed by atoms with Gasteiger partial charge in [-0.1, -0.05) is 44.2 Å². The van der Waals surface area contributed by atoms with Gasteiger partial charge >= 0.3 is 5.97 Å². The molecule has 0 aliphatic heterocycles. The maximum atomic E-state index is 11.9. The van der Waals surface area contributed by atoms with E-state index in [4.69, 9.17) is 5.11 Å². The van der Waals surface area contributed by atoms with Crippen molar-refractivity contribution in [3.63, 3.8) is 0 Å². The van der Waals surface area contributed by atoms with Gasteiger partial charge in [-0.25, -0.2) is 4.79 Å². The molecule has 0 saturated carbocycles. The van der Waals surface area contributed by atoms with E-state index < -0.39 is 11.5 Å². The predicted molar refractivity (Wildman–Crippen MR) is 87.6 cm³/mol. The number of aliphatic hydroxyl groups is 1. The molecule has 21 heavy (non-hydrogen) atoms. The summed E-state index contributed by atoms with van der Waals surface area (Å²) in [6.07, 6.45) is 0.875. The molecule has 0 aromatic heterocycles. The number of aliphatic hydroxyl groups excluding tert-OH is 1. The van der Waals surface area contributed by atoms with Crippen LogP contribution in [0.15, 0.2) is 30.3 Å². The van der Waals surface area contributed by atoms with E-state index in [1.54, 1.807) is 11.8 Å². The number of benzene rings is 1. The van der Waals surface area contributed by atoms with E-state index in [1.807, 2.05) is 44.2 Å². The molecule has 118 valence electrons. The maximum Gasteiger partial charge on any atom is 0.329 e. The molecule has 0 bridgehead atoms. The number of carboxylic acids is 1. The minimum absolute atomic E-state index is 0.126. The van der Waals surface area contributed by atoms with Crippen molar-refractivity contribution in [2.24, 2.45) is 5.92 Å². The Morgan fingerprint density at radius 1 is 1.38 bits per heavy atom. The molecule has 1 aromatic carbocycles. The smallest absolute Gasteiger partial charge is 0.329 e. The Hall–Kier alpha value is -1.04. The van der Waals surface area contributed by atoms with Gasteiger partial charge < -0.3 is 10.2 Å². The molecule has 0 fully saturated rings. The molecule has 3 N–H and O–H groups in total. The first kappa shape index (κ1) is 18.0. The number of hydrogen-bond acceptors (Lipinski definition) is 4. The second kappa shape index (κ2) is 9.07. The summed E-state index contributed by atoms with van der Waals surface area (Å²) in [6.45, 7) is 4.75. The van der Waals surface area contributed by atoms with E-state index in [0.29, 0.717) is 12.3 Å². The van der Waals surface area contributed by atoms with Gasteiger partial charge in [0.25, 0.3) is 0 Å². The summed E-state index contributed by atoms with van der Waals surface area (Å²) < 4.78 is 0. The van der Waals surface area contributed by atoms with Gasteiger partial charge in [-0.3, -0.25) is 5.32 Å². The van der Waals surface area contributed by atoms with Crippen LogP contribution in [0.3, 0.4) is 0 Å². The molecule has 0 heterocycles. The third-order valence-electron chi connectivity index (χ3n) is 3.34. The molecule has 1 rings (SSSR count). The van der Waals surface area contributed by atoms with Crippen molar-refractivity contribution in [3.05, 3.63) is 35.9 Å². The van der Waals surface area contributed by atoms with Crippen LogP contribution in [0, 0.1) is 5.92 Å². The fraction of sp³-hybridized carbons (Fsp3) is 0.562. The van der Waals surface area contributed by atoms with Gasteiger partial charge in [0.05, 0.1) is 0 Å². The Bertz CT molecular complexity index is 427. The molecule has 4 nitrogen and oxygen atoms in total. The largest absolute Gasteiger partial charge is 0.480 e. The highest BCUT2D eigenvalue weighted by molar-refractivity contribution is 7.99. The lowest BCUT2D eigenvalue weighted by Crippen LogP contribution is -2.51. The minimum Gasteiger partial charge on any atom is -0.480 e. The summed E-state index contributed by atoms with van der Waals surface area (Å²) in [7, 11) is 0. The number of carboxylic acid groups (broad SMARTS) is 1. The molecule has 0 radical (unpaired) electrons. The van der Waals surface area contributed by atoms with E-state index in [1.165, 1.54) is 0 Å². The maximum absolute atomic E-state index is 11.9. The summed E-state index contributed by atoms with van der Waals surface area (Å²) in [5.74, 6) is 0.498. The van der Waals surface area contributed by atoms with Crippen molar-refractivity contribution in [2.75, 3.05) is 24.7 Å². The van der Waals surface area contributed by atoms with E-state index in [-0.39, 0.29) is 12.5 Å². The van der Waals surface area contributed by atoms with Crippen molar-refractivity contribution < 1.29 is 15.0 Å². The summed E-state index contributed by atoms with van der Waals surface area (Å²) >= 11 is 1.56. The van der Waals surface area contributed by atoms with Crippen LogP contribution in [0.2, 0.25) is 0 Å². The highest BCUT2D eigenvalue weighted by Gasteiger charge is 2.39. The van der Waals surface area contributed by atoms with Gasteiger partial charge in [0.15, 0.2) is 5.54 Å². The molecule has 0 aliphatic rings. The first-order valence-corrected chi connectivity index (χ1v) is 8.44. The molecule has 2 unspecified atom stereocenters. The highest BCUT2D eigenvalue weighted by atomic mass is 32.2. The predicted octanol–water partition coefficient (Wildman–Crippen LogP) is 2.33. The van der Waals surface area contributed by atoms with Crippen LogP contribution < -0.4 is 5.32 Å². The number of carbonyl (C=O) groups is 1. The number of hydrogen-bond donors (Lipinski definition) is 3. The topological polar surface area (TPSA) is 69.6 Å². The number of thioether (sulfide) groups is 1. The Labute approximate surface area is 131 Å².